The molecule has 0 saturated carbocycles. The summed E-state index contributed by atoms with van der Waals surface area (Å²) in [6, 6.07) is 5.56. The number of benzene rings is 1. The molecule has 1 heterocycles. The van der Waals surface area contributed by atoms with E-state index in [4.69, 9.17) is 4.74 Å². The van der Waals surface area contributed by atoms with Gasteiger partial charge in [0, 0.05) is 17.6 Å². The minimum atomic E-state index is 0.0764. The number of amides is 1. The highest BCUT2D eigenvalue weighted by Crippen LogP contribution is 2.35. The van der Waals surface area contributed by atoms with Gasteiger partial charge in [-0.2, -0.15) is 0 Å². The van der Waals surface area contributed by atoms with Gasteiger partial charge in [0.1, 0.15) is 5.75 Å². The van der Waals surface area contributed by atoms with Crippen LogP contribution in [0.1, 0.15) is 43.5 Å². The number of nitrogens with zero attached hydrogens (tertiary/aromatic N) is 1. The summed E-state index contributed by atoms with van der Waals surface area (Å²) in [7, 11) is 1.60. The largest absolute Gasteiger partial charge is 0.496 e. The molecule has 1 aliphatic heterocycles. The van der Waals surface area contributed by atoms with Crippen molar-refractivity contribution in [1.29, 1.82) is 0 Å². The number of ether oxygens (including phenoxy) is 1. The van der Waals surface area contributed by atoms with Crippen molar-refractivity contribution in [1.82, 2.24) is 4.90 Å². The van der Waals surface area contributed by atoms with E-state index in [-0.39, 0.29) is 5.91 Å². The summed E-state index contributed by atoms with van der Waals surface area (Å²) in [5, 5.41) is 0. The van der Waals surface area contributed by atoms with Gasteiger partial charge in [0.2, 0.25) is 0 Å². The van der Waals surface area contributed by atoms with Gasteiger partial charge in [-0.05, 0) is 36.5 Å². The van der Waals surface area contributed by atoms with Crippen molar-refractivity contribution < 1.29 is 9.53 Å². The van der Waals surface area contributed by atoms with Crippen LogP contribution < -0.4 is 4.74 Å². The molecule has 0 radical (unpaired) electrons. The fourth-order valence-corrected chi connectivity index (χ4v) is 2.96. The molecule has 20 heavy (non-hydrogen) atoms. The lowest BCUT2D eigenvalue weighted by Gasteiger charge is -2.39. The summed E-state index contributed by atoms with van der Waals surface area (Å²) in [6.45, 7) is 6.22. The molecular formula is C16H22BrNO2. The molecule has 0 aromatic heterocycles. The van der Waals surface area contributed by atoms with Gasteiger partial charge in [0.05, 0.1) is 12.7 Å². The van der Waals surface area contributed by atoms with Crippen LogP contribution in [0.5, 0.6) is 5.75 Å². The molecule has 1 saturated heterocycles. The fourth-order valence-electron chi connectivity index (χ4n) is 2.62. The summed E-state index contributed by atoms with van der Waals surface area (Å²) < 4.78 is 6.24. The number of rotatable bonds is 3. The SMILES string of the molecule is CCC1(C)CCN(C(=O)c2ccc(Br)cc2OC)CC1. The number of methoxy groups -OCH3 is 1. The van der Waals surface area contributed by atoms with Crippen LogP contribution in [0.2, 0.25) is 0 Å². The van der Waals surface area contributed by atoms with Crippen LogP contribution in [0.4, 0.5) is 0 Å². The standard InChI is InChI=1S/C16H22BrNO2/c1-4-16(2)7-9-18(10-8-16)15(19)13-6-5-12(17)11-14(13)20-3/h5-6,11H,4,7-10H2,1-3H3. The molecule has 1 aromatic carbocycles. The molecule has 0 atom stereocenters. The average molecular weight is 340 g/mol. The molecule has 2 rings (SSSR count). The highest BCUT2D eigenvalue weighted by molar-refractivity contribution is 9.10. The van der Waals surface area contributed by atoms with E-state index in [9.17, 15) is 4.79 Å². The van der Waals surface area contributed by atoms with Gasteiger partial charge in [0.15, 0.2) is 0 Å². The molecule has 0 bridgehead atoms. The first kappa shape index (κ1) is 15.4. The second kappa shape index (κ2) is 6.17. The van der Waals surface area contributed by atoms with Crippen molar-refractivity contribution in [2.75, 3.05) is 20.2 Å². The smallest absolute Gasteiger partial charge is 0.257 e. The number of hydrogen-bond donors (Lipinski definition) is 0. The first-order valence-corrected chi connectivity index (χ1v) is 7.91. The topological polar surface area (TPSA) is 29.5 Å². The Labute approximate surface area is 129 Å². The molecular weight excluding hydrogens is 318 g/mol. The second-order valence-corrected chi connectivity index (χ2v) is 6.72. The molecule has 0 unspecified atom stereocenters. The molecule has 0 spiro atoms. The maximum atomic E-state index is 12.6. The van der Waals surface area contributed by atoms with Crippen molar-refractivity contribution >= 4 is 21.8 Å². The summed E-state index contributed by atoms with van der Waals surface area (Å²) in [6.07, 6.45) is 3.33. The van der Waals surface area contributed by atoms with Crippen LogP contribution in [0.25, 0.3) is 0 Å². The van der Waals surface area contributed by atoms with E-state index in [0.717, 1.165) is 30.4 Å². The Morgan fingerprint density at radius 2 is 2.05 bits per heavy atom. The maximum Gasteiger partial charge on any atom is 0.257 e. The van der Waals surface area contributed by atoms with Crippen LogP contribution >= 0.6 is 15.9 Å². The minimum Gasteiger partial charge on any atom is -0.496 e. The van der Waals surface area contributed by atoms with Gasteiger partial charge in [-0.15, -0.1) is 0 Å². The molecule has 1 aromatic rings. The zero-order valence-corrected chi connectivity index (χ0v) is 14.0. The van der Waals surface area contributed by atoms with Gasteiger partial charge in [-0.1, -0.05) is 36.2 Å². The van der Waals surface area contributed by atoms with E-state index in [1.165, 1.54) is 6.42 Å². The predicted octanol–water partition coefficient (Wildman–Crippen LogP) is 4.11. The Bertz CT molecular complexity index is 493. The van der Waals surface area contributed by atoms with Crippen molar-refractivity contribution in [2.24, 2.45) is 5.41 Å². The van der Waals surface area contributed by atoms with Crippen LogP contribution in [-0.2, 0) is 0 Å². The zero-order chi connectivity index (χ0) is 14.8. The summed E-state index contributed by atoms with van der Waals surface area (Å²) in [5.74, 6) is 0.709. The third-order valence-electron chi connectivity index (χ3n) is 4.51. The first-order chi connectivity index (χ1) is 9.49. The van der Waals surface area contributed by atoms with Crippen LogP contribution in [0, 0.1) is 5.41 Å². The Hall–Kier alpha value is -1.03. The molecule has 3 nitrogen and oxygen atoms in total. The molecule has 0 aliphatic carbocycles. The van der Waals surface area contributed by atoms with Gasteiger partial charge < -0.3 is 9.64 Å². The highest BCUT2D eigenvalue weighted by Gasteiger charge is 2.31. The van der Waals surface area contributed by atoms with E-state index >= 15 is 0 Å². The average Bonchev–Trinajstić information content (AvgIpc) is 2.47. The van der Waals surface area contributed by atoms with Crippen molar-refractivity contribution in [3.8, 4) is 5.75 Å². The number of carbonyl (C=O) groups excluding carboxylic acids is 1. The summed E-state index contributed by atoms with van der Waals surface area (Å²) in [4.78, 5) is 14.6. The molecule has 1 amide bonds. The number of halogens is 1. The Morgan fingerprint density at radius 1 is 1.40 bits per heavy atom. The second-order valence-electron chi connectivity index (χ2n) is 5.80. The molecule has 1 fully saturated rings. The number of likely N-dealkylation sites (tertiary alicyclic amines) is 1. The summed E-state index contributed by atoms with van der Waals surface area (Å²) in [5.41, 5.74) is 1.04. The molecule has 4 heteroatoms. The van der Waals surface area contributed by atoms with Crippen molar-refractivity contribution in [3.63, 3.8) is 0 Å². The van der Waals surface area contributed by atoms with Gasteiger partial charge in [0.25, 0.3) is 5.91 Å². The first-order valence-electron chi connectivity index (χ1n) is 7.12. The van der Waals surface area contributed by atoms with E-state index in [2.05, 4.69) is 29.8 Å². The predicted molar refractivity (Wildman–Crippen MR) is 84.2 cm³/mol. The lowest BCUT2D eigenvalue weighted by Crippen LogP contribution is -2.42. The van der Waals surface area contributed by atoms with Crippen LogP contribution in [0.3, 0.4) is 0 Å². The molecule has 110 valence electrons. The lowest BCUT2D eigenvalue weighted by atomic mass is 9.78. The highest BCUT2D eigenvalue weighted by atomic mass is 79.9. The van der Waals surface area contributed by atoms with Crippen LogP contribution in [-0.4, -0.2) is 31.0 Å². The zero-order valence-electron chi connectivity index (χ0n) is 12.4. The number of carbonyl (C=O) groups is 1. The Kier molecular flexibility index (Phi) is 4.74. The van der Waals surface area contributed by atoms with E-state index in [0.29, 0.717) is 16.7 Å². The lowest BCUT2D eigenvalue weighted by molar-refractivity contribution is 0.0597. The van der Waals surface area contributed by atoms with E-state index < -0.39 is 0 Å². The number of hydrogen-bond acceptors (Lipinski definition) is 2. The van der Waals surface area contributed by atoms with Gasteiger partial charge in [-0.3, -0.25) is 4.79 Å². The van der Waals surface area contributed by atoms with E-state index in [1.807, 2.05) is 23.1 Å². The minimum absolute atomic E-state index is 0.0764. The molecule has 0 N–H and O–H groups in total. The third kappa shape index (κ3) is 3.17. The normalized spacial score (nSPS) is 17.9. The Balaban J connectivity index is 2.13. The number of piperidine rings is 1. The fraction of sp³-hybridized carbons (Fsp3) is 0.562. The quantitative estimate of drug-likeness (QED) is 0.829. The van der Waals surface area contributed by atoms with Crippen molar-refractivity contribution in [3.05, 3.63) is 28.2 Å². The maximum absolute atomic E-state index is 12.6. The monoisotopic (exact) mass is 339 g/mol. The third-order valence-corrected chi connectivity index (χ3v) is 5.00. The van der Waals surface area contributed by atoms with Crippen molar-refractivity contribution in [2.45, 2.75) is 33.1 Å². The Morgan fingerprint density at radius 3 is 2.60 bits per heavy atom. The van der Waals surface area contributed by atoms with Crippen LogP contribution in [0.15, 0.2) is 22.7 Å². The van der Waals surface area contributed by atoms with Gasteiger partial charge >= 0.3 is 0 Å². The van der Waals surface area contributed by atoms with E-state index in [1.54, 1.807) is 7.11 Å². The van der Waals surface area contributed by atoms with Gasteiger partial charge in [-0.25, -0.2) is 0 Å². The molecule has 1 aliphatic rings. The summed E-state index contributed by atoms with van der Waals surface area (Å²) >= 11 is 3.40.